The van der Waals surface area contributed by atoms with Gasteiger partial charge in [-0.15, -0.1) is 0 Å². The molecule has 1 aliphatic heterocycles. The minimum Gasteiger partial charge on any atom is -0.392 e. The van der Waals surface area contributed by atoms with Gasteiger partial charge in [0.2, 0.25) is 0 Å². The van der Waals surface area contributed by atoms with E-state index in [-0.39, 0.29) is 18.1 Å². The molecule has 4 heteroatoms. The van der Waals surface area contributed by atoms with Gasteiger partial charge in [0.15, 0.2) is 0 Å². The number of rotatable bonds is 13. The van der Waals surface area contributed by atoms with E-state index >= 15 is 0 Å². The van der Waals surface area contributed by atoms with Gasteiger partial charge in [0, 0.05) is 11.7 Å². The number of hydrogen-bond acceptors (Lipinski definition) is 4. The molecule has 2 fully saturated rings. The molecular weight excluding hydrogens is 402 g/mol. The van der Waals surface area contributed by atoms with Gasteiger partial charge in [0.25, 0.3) is 0 Å². The quantitative estimate of drug-likeness (QED) is 0.281. The normalized spacial score (nSPS) is 31.2. The summed E-state index contributed by atoms with van der Waals surface area (Å²) < 4.78 is 0. The molecule has 0 aromatic heterocycles. The van der Waals surface area contributed by atoms with E-state index in [2.05, 4.69) is 42.7 Å². The average Bonchev–Trinajstić information content (AvgIpc) is 3.27. The fourth-order valence-electron chi connectivity index (χ4n) is 5.91. The summed E-state index contributed by atoms with van der Waals surface area (Å²) in [6.45, 7) is 8.35. The minimum absolute atomic E-state index is 0.212. The van der Waals surface area contributed by atoms with Crippen LogP contribution in [0.4, 0.5) is 0 Å². The van der Waals surface area contributed by atoms with Crippen molar-refractivity contribution in [1.29, 1.82) is 0 Å². The molecule has 0 aromatic rings. The fraction of sp³-hybridized carbons (Fsp3) is 0.852. The molecule has 178 valence electrons. The molecule has 3 nitrogen and oxygen atoms in total. The number of aliphatic hydroxyl groups is 2. The van der Waals surface area contributed by atoms with E-state index in [9.17, 15) is 10.2 Å². The molecule has 0 spiro atoms. The highest BCUT2D eigenvalue weighted by atomic mass is 32.2. The Morgan fingerprint density at radius 1 is 1.23 bits per heavy atom. The summed E-state index contributed by atoms with van der Waals surface area (Å²) in [5, 5.41) is 21.0. The summed E-state index contributed by atoms with van der Waals surface area (Å²) in [6, 6.07) is 0. The summed E-state index contributed by atoms with van der Waals surface area (Å²) in [5.41, 5.74) is 1.59. The van der Waals surface area contributed by atoms with Crippen LogP contribution in [0.1, 0.15) is 78.1 Å². The van der Waals surface area contributed by atoms with Crippen LogP contribution in [0.15, 0.2) is 23.8 Å². The number of aliphatic hydroxyl groups excluding tert-OH is 2. The molecule has 0 unspecified atom stereocenters. The smallest absolute Gasteiger partial charge is 0.0723 e. The first-order valence-electron chi connectivity index (χ1n) is 13.1. The summed E-state index contributed by atoms with van der Waals surface area (Å²) >= 11 is 2.10. The molecule has 3 aliphatic rings. The summed E-state index contributed by atoms with van der Waals surface area (Å²) in [7, 11) is 0. The second-order valence-electron chi connectivity index (χ2n) is 10.5. The van der Waals surface area contributed by atoms with E-state index < -0.39 is 0 Å². The van der Waals surface area contributed by atoms with Gasteiger partial charge in [-0.2, -0.15) is 11.8 Å². The Balaban J connectivity index is 1.35. The number of nitrogens with zero attached hydrogens (tertiary/aromatic N) is 1. The summed E-state index contributed by atoms with van der Waals surface area (Å²) in [6.07, 6.45) is 18.0. The van der Waals surface area contributed by atoms with Crippen molar-refractivity contribution in [1.82, 2.24) is 4.90 Å². The van der Waals surface area contributed by atoms with Crippen LogP contribution >= 0.6 is 11.8 Å². The first-order chi connectivity index (χ1) is 15.1. The maximum absolute atomic E-state index is 10.6. The highest BCUT2D eigenvalue weighted by molar-refractivity contribution is 7.99. The van der Waals surface area contributed by atoms with Crippen molar-refractivity contribution in [2.24, 2.45) is 23.7 Å². The molecule has 6 atom stereocenters. The second kappa shape index (κ2) is 13.4. The van der Waals surface area contributed by atoms with E-state index in [0.29, 0.717) is 17.8 Å². The molecule has 0 bridgehead atoms. The van der Waals surface area contributed by atoms with Gasteiger partial charge in [-0.05, 0) is 81.7 Å². The number of hydrogen-bond donors (Lipinski definition) is 2. The standard InChI is InChI=1S/C27H47NO2S/c1-3-4-9-21(2)16-24(29)10-11-25-26-18-22(17-23(26)19-27(25)30)20-31-15-8-14-28-12-6-5-7-13-28/h10-11,17,21,23-27,29-30H,3-9,12-16,18-20H2,1-2H3/b11-10+/t21-,23-,24+,25+,26-,27+/m0/s1. The van der Waals surface area contributed by atoms with Crippen molar-refractivity contribution in [3.63, 3.8) is 0 Å². The lowest BCUT2D eigenvalue weighted by molar-refractivity contribution is 0.139. The Morgan fingerprint density at radius 3 is 2.81 bits per heavy atom. The SMILES string of the molecule is CCCC[C@H](C)C[C@H](O)/C=C/[C@@H]1[C@H]2CC(CSCCCN3CCCCC3)=C[C@H]2C[C@H]1O. The number of fused-ring (bicyclic) bond motifs is 1. The monoisotopic (exact) mass is 449 g/mol. The topological polar surface area (TPSA) is 43.7 Å². The van der Waals surface area contributed by atoms with Gasteiger partial charge in [-0.25, -0.2) is 0 Å². The third kappa shape index (κ3) is 8.21. The van der Waals surface area contributed by atoms with Crippen LogP contribution in [-0.2, 0) is 0 Å². The maximum Gasteiger partial charge on any atom is 0.0723 e. The van der Waals surface area contributed by atoms with E-state index in [1.54, 1.807) is 5.57 Å². The first-order valence-corrected chi connectivity index (χ1v) is 14.3. The molecule has 0 aromatic carbocycles. The van der Waals surface area contributed by atoms with Gasteiger partial charge >= 0.3 is 0 Å². The number of piperidine rings is 1. The molecular formula is C27H47NO2S. The third-order valence-electron chi connectivity index (χ3n) is 7.70. The highest BCUT2D eigenvalue weighted by Gasteiger charge is 2.43. The molecule has 0 amide bonds. The predicted octanol–water partition coefficient (Wildman–Crippen LogP) is 5.67. The van der Waals surface area contributed by atoms with Crippen molar-refractivity contribution >= 4 is 11.8 Å². The van der Waals surface area contributed by atoms with Crippen LogP contribution in [0, 0.1) is 23.7 Å². The maximum atomic E-state index is 10.6. The second-order valence-corrected chi connectivity index (χ2v) is 11.6. The van der Waals surface area contributed by atoms with Crippen LogP contribution < -0.4 is 0 Å². The molecule has 2 N–H and O–H groups in total. The van der Waals surface area contributed by atoms with Crippen LogP contribution in [-0.4, -0.2) is 58.5 Å². The van der Waals surface area contributed by atoms with Gasteiger partial charge in [0.1, 0.15) is 0 Å². The van der Waals surface area contributed by atoms with Gasteiger partial charge < -0.3 is 15.1 Å². The number of allylic oxidation sites excluding steroid dienone is 1. The number of thioether (sulfide) groups is 1. The largest absolute Gasteiger partial charge is 0.392 e. The zero-order valence-corrected chi connectivity index (χ0v) is 20.9. The third-order valence-corrected chi connectivity index (χ3v) is 8.85. The molecule has 1 saturated carbocycles. The molecule has 3 rings (SSSR count). The van der Waals surface area contributed by atoms with Crippen LogP contribution in [0.3, 0.4) is 0 Å². The number of likely N-dealkylation sites (tertiary alicyclic amines) is 1. The van der Waals surface area contributed by atoms with Crippen molar-refractivity contribution in [3.05, 3.63) is 23.8 Å². The minimum atomic E-state index is -0.373. The van der Waals surface area contributed by atoms with Crippen molar-refractivity contribution in [2.45, 2.75) is 90.3 Å². The Labute approximate surface area is 195 Å². The summed E-state index contributed by atoms with van der Waals surface area (Å²) in [5.74, 6) is 4.28. The first kappa shape index (κ1) is 25.3. The molecule has 1 saturated heterocycles. The zero-order valence-electron chi connectivity index (χ0n) is 20.1. The Bertz CT molecular complexity index is 572. The lowest BCUT2D eigenvalue weighted by Gasteiger charge is -2.26. The van der Waals surface area contributed by atoms with Crippen LogP contribution in [0.25, 0.3) is 0 Å². The van der Waals surface area contributed by atoms with E-state index in [1.807, 2.05) is 6.08 Å². The zero-order chi connectivity index (χ0) is 22.1. The van der Waals surface area contributed by atoms with Gasteiger partial charge in [-0.1, -0.05) is 63.3 Å². The van der Waals surface area contributed by atoms with Crippen molar-refractivity contribution < 1.29 is 10.2 Å². The molecule has 2 aliphatic carbocycles. The van der Waals surface area contributed by atoms with E-state index in [4.69, 9.17) is 0 Å². The Kier molecular flexibility index (Phi) is 11.0. The van der Waals surface area contributed by atoms with Crippen LogP contribution in [0.2, 0.25) is 0 Å². The average molecular weight is 450 g/mol. The molecule has 31 heavy (non-hydrogen) atoms. The highest BCUT2D eigenvalue weighted by Crippen LogP contribution is 2.47. The van der Waals surface area contributed by atoms with Gasteiger partial charge in [-0.3, -0.25) is 0 Å². The predicted molar refractivity (Wildman–Crippen MR) is 134 cm³/mol. The fourth-order valence-corrected chi connectivity index (χ4v) is 6.86. The lowest BCUT2D eigenvalue weighted by Crippen LogP contribution is -2.30. The van der Waals surface area contributed by atoms with E-state index in [0.717, 1.165) is 25.0 Å². The molecule has 1 heterocycles. The number of unbranched alkanes of at least 4 members (excludes halogenated alkanes) is 1. The van der Waals surface area contributed by atoms with Gasteiger partial charge in [0.05, 0.1) is 12.2 Å². The van der Waals surface area contributed by atoms with Crippen LogP contribution in [0.5, 0.6) is 0 Å². The van der Waals surface area contributed by atoms with Crippen molar-refractivity contribution in [3.8, 4) is 0 Å². The van der Waals surface area contributed by atoms with E-state index in [1.165, 1.54) is 70.3 Å². The molecule has 0 radical (unpaired) electrons. The lowest BCUT2D eigenvalue weighted by atomic mass is 9.88. The Hall–Kier alpha value is -0.290. The van der Waals surface area contributed by atoms with Crippen molar-refractivity contribution in [2.75, 3.05) is 31.1 Å². The summed E-state index contributed by atoms with van der Waals surface area (Å²) in [4.78, 5) is 2.64. The Morgan fingerprint density at radius 2 is 2.03 bits per heavy atom.